The van der Waals surface area contributed by atoms with Crippen LogP contribution in [0.1, 0.15) is 38.7 Å². The molecule has 0 saturated heterocycles. The Morgan fingerprint density at radius 3 is 2.12 bits per heavy atom. The van der Waals surface area contributed by atoms with Gasteiger partial charge >= 0.3 is 0 Å². The van der Waals surface area contributed by atoms with Crippen LogP contribution in [0.2, 0.25) is 18.6 Å². The fourth-order valence-electron chi connectivity index (χ4n) is 6.24. The van der Waals surface area contributed by atoms with Gasteiger partial charge in [-0.3, -0.25) is 0 Å². The van der Waals surface area contributed by atoms with E-state index in [2.05, 4.69) is 87.6 Å². The minimum Gasteiger partial charge on any atom is -0.0652 e. The van der Waals surface area contributed by atoms with E-state index >= 15 is 0 Å². The number of fused-ring (bicyclic) bond motifs is 2. The first kappa shape index (κ1) is 18.0. The van der Waals surface area contributed by atoms with E-state index in [0.29, 0.717) is 5.41 Å². The van der Waals surface area contributed by atoms with Crippen molar-refractivity contribution in [3.63, 3.8) is 0 Å². The van der Waals surface area contributed by atoms with Crippen molar-refractivity contribution >= 4 is 13.3 Å². The second kappa shape index (κ2) is 6.67. The number of benzene rings is 2. The monoisotopic (exact) mass is 362 g/mol. The number of hydrogen-bond acceptors (Lipinski definition) is 0. The fourth-order valence-corrected chi connectivity index (χ4v) is 10.1. The summed E-state index contributed by atoms with van der Waals surface area (Å²) in [4.78, 5) is 0. The molecule has 0 radical (unpaired) electrons. The van der Waals surface area contributed by atoms with Crippen molar-refractivity contribution in [1.82, 2.24) is 0 Å². The second-order valence-corrected chi connectivity index (χ2v) is 14.7. The minimum absolute atomic E-state index is 0.568. The zero-order chi connectivity index (χ0) is 18.4. The zero-order valence-electron chi connectivity index (χ0n) is 16.9. The van der Waals surface area contributed by atoms with Crippen LogP contribution in [0.5, 0.6) is 0 Å². The molecule has 4 atom stereocenters. The van der Waals surface area contributed by atoms with Gasteiger partial charge in [0.05, 0.1) is 8.07 Å². The van der Waals surface area contributed by atoms with Crippen LogP contribution >= 0.6 is 0 Å². The van der Waals surface area contributed by atoms with Gasteiger partial charge in [0.1, 0.15) is 0 Å². The maximum absolute atomic E-state index is 2.64. The van der Waals surface area contributed by atoms with Gasteiger partial charge in [0.15, 0.2) is 0 Å². The summed E-state index contributed by atoms with van der Waals surface area (Å²) in [5, 5.41) is 1.66. The molecule has 5 rings (SSSR count). The molecule has 4 unspecified atom stereocenters. The molecule has 3 saturated carbocycles. The molecule has 0 amide bonds. The van der Waals surface area contributed by atoms with Gasteiger partial charge in [-0.05, 0) is 60.0 Å². The number of hydrogen-bond donors (Lipinski definition) is 0. The van der Waals surface area contributed by atoms with Crippen LogP contribution < -0.4 is 5.19 Å². The molecule has 3 aliphatic carbocycles. The molecule has 138 valence electrons. The Bertz CT molecular complexity index is 731. The van der Waals surface area contributed by atoms with Crippen LogP contribution in [0, 0.1) is 23.2 Å². The van der Waals surface area contributed by atoms with Gasteiger partial charge < -0.3 is 0 Å². The van der Waals surface area contributed by atoms with Gasteiger partial charge in [0.25, 0.3) is 0 Å². The van der Waals surface area contributed by atoms with Crippen LogP contribution in [0.25, 0.3) is 0 Å². The standard InChI is InChI=1S/C25H34Si/c1-25(2)20-17-23(25)22(16-15-19-11-7-5-8-12-19)24(18-20)26(3,4)21-13-9-6-10-14-21/h5-14,20,22-24H,15-18H2,1-4H3. The first-order valence-electron chi connectivity index (χ1n) is 10.5. The molecule has 0 heterocycles. The quantitative estimate of drug-likeness (QED) is 0.548. The molecular formula is C25H34Si. The van der Waals surface area contributed by atoms with Crippen molar-refractivity contribution in [1.29, 1.82) is 0 Å². The molecule has 0 nitrogen and oxygen atoms in total. The van der Waals surface area contributed by atoms with Crippen molar-refractivity contribution in [2.24, 2.45) is 23.2 Å². The molecule has 2 aromatic carbocycles. The molecule has 2 bridgehead atoms. The smallest absolute Gasteiger partial charge is 0.0652 e. The lowest BCUT2D eigenvalue weighted by atomic mass is 9.45. The maximum Gasteiger partial charge on any atom is 0.0839 e. The highest BCUT2D eigenvalue weighted by atomic mass is 28.3. The van der Waals surface area contributed by atoms with Gasteiger partial charge in [0.2, 0.25) is 0 Å². The number of rotatable bonds is 5. The van der Waals surface area contributed by atoms with Crippen LogP contribution in [0.3, 0.4) is 0 Å². The Hall–Kier alpha value is -1.34. The highest BCUT2D eigenvalue weighted by Crippen LogP contribution is 2.67. The lowest BCUT2D eigenvalue weighted by Gasteiger charge is -2.65. The Kier molecular flexibility index (Phi) is 4.63. The lowest BCUT2D eigenvalue weighted by Crippen LogP contribution is -2.61. The predicted molar refractivity (Wildman–Crippen MR) is 116 cm³/mol. The average Bonchev–Trinajstić information content (AvgIpc) is 2.67. The summed E-state index contributed by atoms with van der Waals surface area (Å²) < 4.78 is 0. The van der Waals surface area contributed by atoms with Gasteiger partial charge in [0, 0.05) is 0 Å². The largest absolute Gasteiger partial charge is 0.0839 e. The summed E-state index contributed by atoms with van der Waals surface area (Å²) in [5.74, 6) is 2.79. The predicted octanol–water partition coefficient (Wildman–Crippen LogP) is 6.29. The molecule has 0 aromatic heterocycles. The van der Waals surface area contributed by atoms with Crippen molar-refractivity contribution in [2.75, 3.05) is 0 Å². The first-order valence-corrected chi connectivity index (χ1v) is 13.6. The van der Waals surface area contributed by atoms with E-state index in [-0.39, 0.29) is 0 Å². The zero-order valence-corrected chi connectivity index (χ0v) is 17.9. The van der Waals surface area contributed by atoms with Crippen molar-refractivity contribution in [2.45, 2.75) is 58.2 Å². The van der Waals surface area contributed by atoms with Crippen LogP contribution in [0.15, 0.2) is 60.7 Å². The fraction of sp³-hybridized carbons (Fsp3) is 0.520. The topological polar surface area (TPSA) is 0 Å². The minimum atomic E-state index is -1.45. The molecule has 2 aromatic rings. The van der Waals surface area contributed by atoms with E-state index in [4.69, 9.17) is 0 Å². The molecule has 0 aliphatic heterocycles. The number of aryl methyl sites for hydroxylation is 1. The van der Waals surface area contributed by atoms with Crippen molar-refractivity contribution in [3.8, 4) is 0 Å². The third-order valence-electron chi connectivity index (χ3n) is 8.17. The van der Waals surface area contributed by atoms with Crippen LogP contribution in [0.4, 0.5) is 0 Å². The van der Waals surface area contributed by atoms with Crippen LogP contribution in [-0.2, 0) is 6.42 Å². The molecule has 0 N–H and O–H groups in total. The molecule has 26 heavy (non-hydrogen) atoms. The normalized spacial score (nSPS) is 29.8. The molecule has 3 aliphatic rings. The SMILES string of the molecule is CC1(C)C2CC1C(CCc1ccccc1)C([Si](C)(C)c1ccccc1)C2. The highest BCUT2D eigenvalue weighted by molar-refractivity contribution is 6.91. The van der Waals surface area contributed by atoms with Crippen molar-refractivity contribution in [3.05, 3.63) is 66.2 Å². The molecule has 0 spiro atoms. The summed E-state index contributed by atoms with van der Waals surface area (Å²) in [6.07, 6.45) is 5.58. The van der Waals surface area contributed by atoms with Crippen LogP contribution in [-0.4, -0.2) is 8.07 Å². The summed E-state index contributed by atoms with van der Waals surface area (Å²) in [6, 6.07) is 22.6. The molecule has 1 heteroatoms. The summed E-state index contributed by atoms with van der Waals surface area (Å²) >= 11 is 0. The Morgan fingerprint density at radius 2 is 1.50 bits per heavy atom. The van der Waals surface area contributed by atoms with Gasteiger partial charge in [-0.25, -0.2) is 0 Å². The highest BCUT2D eigenvalue weighted by Gasteiger charge is 2.60. The summed E-state index contributed by atoms with van der Waals surface area (Å²) in [5.41, 5.74) is 3.02. The summed E-state index contributed by atoms with van der Waals surface area (Å²) in [6.45, 7) is 10.4. The third kappa shape index (κ3) is 2.99. The van der Waals surface area contributed by atoms with E-state index in [1.165, 1.54) is 31.2 Å². The maximum atomic E-state index is 2.64. The van der Waals surface area contributed by atoms with E-state index in [1.54, 1.807) is 5.19 Å². The molecule has 3 fully saturated rings. The van der Waals surface area contributed by atoms with Crippen molar-refractivity contribution < 1.29 is 0 Å². The van der Waals surface area contributed by atoms with Gasteiger partial charge in [-0.2, -0.15) is 0 Å². The second-order valence-electron chi connectivity index (χ2n) is 9.98. The van der Waals surface area contributed by atoms with Gasteiger partial charge in [-0.1, -0.05) is 92.8 Å². The average molecular weight is 363 g/mol. The van der Waals surface area contributed by atoms with E-state index in [9.17, 15) is 0 Å². The Morgan fingerprint density at radius 1 is 0.885 bits per heavy atom. The Balaban J connectivity index is 1.60. The third-order valence-corrected chi connectivity index (χ3v) is 12.5. The van der Waals surface area contributed by atoms with E-state index in [1.807, 2.05) is 0 Å². The van der Waals surface area contributed by atoms with Gasteiger partial charge in [-0.15, -0.1) is 0 Å². The summed E-state index contributed by atoms with van der Waals surface area (Å²) in [7, 11) is -1.45. The lowest BCUT2D eigenvalue weighted by molar-refractivity contribution is -0.107. The van der Waals surface area contributed by atoms with E-state index in [0.717, 1.165) is 23.3 Å². The Labute approximate surface area is 161 Å². The van der Waals surface area contributed by atoms with E-state index < -0.39 is 8.07 Å². The first-order chi connectivity index (χ1) is 12.4. The molecular weight excluding hydrogens is 328 g/mol.